The van der Waals surface area contributed by atoms with Gasteiger partial charge in [-0.1, -0.05) is 37.1 Å². The topological polar surface area (TPSA) is 64.3 Å². The number of halogens is 1. The zero-order chi connectivity index (χ0) is 14.7. The molecule has 122 valence electrons. The normalized spacial score (nSPS) is 22.5. The molecule has 1 heterocycles. The lowest BCUT2D eigenvalue weighted by Crippen LogP contribution is -2.52. The summed E-state index contributed by atoms with van der Waals surface area (Å²) in [5.41, 5.74) is 8.17. The van der Waals surface area contributed by atoms with Gasteiger partial charge in [0.05, 0.1) is 24.7 Å². The quantitative estimate of drug-likeness (QED) is 0.894. The molecule has 4 nitrogen and oxygen atoms in total. The lowest BCUT2D eigenvalue weighted by atomic mass is 9.94. The van der Waals surface area contributed by atoms with Crippen molar-refractivity contribution in [2.75, 3.05) is 13.2 Å². The van der Waals surface area contributed by atoms with Gasteiger partial charge in [-0.3, -0.25) is 4.79 Å². The van der Waals surface area contributed by atoms with E-state index in [1.165, 1.54) is 5.56 Å². The lowest BCUT2D eigenvalue weighted by molar-refractivity contribution is -0.126. The van der Waals surface area contributed by atoms with Crippen LogP contribution in [0.25, 0.3) is 0 Å². The van der Waals surface area contributed by atoms with E-state index in [2.05, 4.69) is 17.4 Å². The molecule has 5 heteroatoms. The summed E-state index contributed by atoms with van der Waals surface area (Å²) in [4.78, 5) is 12.4. The first-order valence-electron chi connectivity index (χ1n) is 7.93. The third-order valence-corrected chi connectivity index (χ3v) is 4.82. The summed E-state index contributed by atoms with van der Waals surface area (Å²) in [6, 6.07) is 8.25. The van der Waals surface area contributed by atoms with E-state index in [1.54, 1.807) is 0 Å². The molecule has 1 aliphatic carbocycles. The van der Waals surface area contributed by atoms with Crippen molar-refractivity contribution in [3.8, 4) is 0 Å². The van der Waals surface area contributed by atoms with E-state index in [0.717, 1.165) is 37.7 Å². The lowest BCUT2D eigenvalue weighted by Gasteiger charge is -2.31. The number of amides is 1. The number of carbonyl (C=O) groups is 1. The van der Waals surface area contributed by atoms with Gasteiger partial charge >= 0.3 is 0 Å². The molecule has 1 amide bonds. The van der Waals surface area contributed by atoms with Gasteiger partial charge in [-0.05, 0) is 30.4 Å². The van der Waals surface area contributed by atoms with E-state index in [9.17, 15) is 4.79 Å². The smallest absolute Gasteiger partial charge is 0.223 e. The van der Waals surface area contributed by atoms with Crippen LogP contribution in [0.4, 0.5) is 0 Å². The van der Waals surface area contributed by atoms with Gasteiger partial charge in [-0.25, -0.2) is 0 Å². The molecule has 1 aromatic carbocycles. The number of ether oxygens (including phenoxy) is 1. The second-order valence-corrected chi connectivity index (χ2v) is 6.25. The highest BCUT2D eigenvalue weighted by atomic mass is 35.5. The predicted molar refractivity (Wildman–Crippen MR) is 89.1 cm³/mol. The van der Waals surface area contributed by atoms with Crippen molar-refractivity contribution in [3.05, 3.63) is 35.4 Å². The van der Waals surface area contributed by atoms with Crippen LogP contribution in [0.5, 0.6) is 0 Å². The van der Waals surface area contributed by atoms with Crippen LogP contribution >= 0.6 is 12.4 Å². The Kier molecular flexibility index (Phi) is 5.84. The molecule has 0 spiro atoms. The van der Waals surface area contributed by atoms with Gasteiger partial charge in [0.25, 0.3) is 0 Å². The van der Waals surface area contributed by atoms with Crippen molar-refractivity contribution < 1.29 is 9.53 Å². The predicted octanol–water partition coefficient (Wildman–Crippen LogP) is 2.50. The molecule has 3 rings (SSSR count). The maximum absolute atomic E-state index is 12.4. The van der Waals surface area contributed by atoms with Gasteiger partial charge in [0.15, 0.2) is 0 Å². The summed E-state index contributed by atoms with van der Waals surface area (Å²) in [7, 11) is 0. The maximum Gasteiger partial charge on any atom is 0.223 e. The third-order valence-electron chi connectivity index (χ3n) is 4.82. The average Bonchev–Trinajstić information content (AvgIpc) is 2.96. The Hall–Kier alpha value is -1.10. The Balaban J connectivity index is 0.00000176. The summed E-state index contributed by atoms with van der Waals surface area (Å²) in [6.07, 6.45) is 5.50. The average molecular weight is 325 g/mol. The van der Waals surface area contributed by atoms with Crippen LogP contribution in [0.2, 0.25) is 0 Å². The summed E-state index contributed by atoms with van der Waals surface area (Å²) in [5, 5.41) is 3.18. The summed E-state index contributed by atoms with van der Waals surface area (Å²) in [6.45, 7) is 1.22. The van der Waals surface area contributed by atoms with E-state index in [4.69, 9.17) is 10.5 Å². The number of fused-ring (bicyclic) bond motifs is 1. The third kappa shape index (κ3) is 3.62. The number of hydrogen-bond donors (Lipinski definition) is 2. The first-order valence-corrected chi connectivity index (χ1v) is 7.93. The van der Waals surface area contributed by atoms with Gasteiger partial charge in [0.2, 0.25) is 5.91 Å². The molecular formula is C17H25ClN2O2. The van der Waals surface area contributed by atoms with Gasteiger partial charge in [0.1, 0.15) is 0 Å². The van der Waals surface area contributed by atoms with Crippen LogP contribution in [0.3, 0.4) is 0 Å². The molecule has 1 saturated carbocycles. The fourth-order valence-electron chi connectivity index (χ4n) is 3.59. The molecule has 0 saturated heterocycles. The zero-order valence-electron chi connectivity index (χ0n) is 12.8. The van der Waals surface area contributed by atoms with Gasteiger partial charge in [-0.15, -0.1) is 12.4 Å². The maximum atomic E-state index is 12.4. The van der Waals surface area contributed by atoms with Gasteiger partial charge in [0, 0.05) is 6.54 Å². The number of nitrogens with one attached hydrogen (secondary N) is 1. The van der Waals surface area contributed by atoms with Crippen molar-refractivity contribution in [2.24, 2.45) is 5.73 Å². The number of nitrogens with two attached hydrogens (primary N) is 1. The molecule has 22 heavy (non-hydrogen) atoms. The Labute approximate surface area is 138 Å². The largest absolute Gasteiger partial charge is 0.373 e. The van der Waals surface area contributed by atoms with Crippen molar-refractivity contribution in [2.45, 2.75) is 50.2 Å². The van der Waals surface area contributed by atoms with Crippen LogP contribution in [0, 0.1) is 0 Å². The highest BCUT2D eigenvalue weighted by Crippen LogP contribution is 2.31. The second kappa shape index (κ2) is 7.44. The van der Waals surface area contributed by atoms with Crippen LogP contribution in [-0.2, 0) is 16.0 Å². The number of hydrogen-bond acceptors (Lipinski definition) is 3. The molecule has 0 radical (unpaired) electrons. The van der Waals surface area contributed by atoms with Crippen LogP contribution < -0.4 is 11.1 Å². The first kappa shape index (κ1) is 17.3. The number of benzene rings is 1. The highest BCUT2D eigenvalue weighted by Gasteiger charge is 2.34. The molecule has 2 aliphatic rings. The van der Waals surface area contributed by atoms with Crippen molar-refractivity contribution in [1.82, 2.24) is 5.32 Å². The Morgan fingerprint density at radius 2 is 2.05 bits per heavy atom. The van der Waals surface area contributed by atoms with Gasteiger partial charge in [-0.2, -0.15) is 0 Å². The molecule has 0 aromatic heterocycles. The van der Waals surface area contributed by atoms with Gasteiger partial charge < -0.3 is 15.8 Å². The van der Waals surface area contributed by atoms with E-state index in [1.807, 2.05) is 12.1 Å². The summed E-state index contributed by atoms with van der Waals surface area (Å²) in [5.74, 6) is 0.0593. The highest BCUT2D eigenvalue weighted by molar-refractivity contribution is 5.85. The van der Waals surface area contributed by atoms with Crippen molar-refractivity contribution in [3.63, 3.8) is 0 Å². The van der Waals surface area contributed by atoms with E-state index >= 15 is 0 Å². The second-order valence-electron chi connectivity index (χ2n) is 6.25. The van der Waals surface area contributed by atoms with Crippen molar-refractivity contribution >= 4 is 18.3 Å². The van der Waals surface area contributed by atoms with Crippen LogP contribution in [0.1, 0.15) is 49.3 Å². The fraction of sp³-hybridized carbons (Fsp3) is 0.588. The molecule has 1 atom stereocenters. The Bertz CT molecular complexity index is 515. The molecule has 1 aliphatic heterocycles. The molecule has 0 bridgehead atoms. The number of carbonyl (C=O) groups excluding carboxylic acids is 1. The minimum absolute atomic E-state index is 0. The molecule has 1 fully saturated rings. The van der Waals surface area contributed by atoms with E-state index in [0.29, 0.717) is 19.6 Å². The molecule has 1 unspecified atom stereocenters. The minimum Gasteiger partial charge on any atom is -0.373 e. The minimum atomic E-state index is -0.175. The SMILES string of the molecule is Cl.NCC1(NC(=O)CC2OCCc3ccccc32)CCCC1. The first-order chi connectivity index (χ1) is 10.2. The standard InChI is InChI=1S/C17H24N2O2.ClH/c18-12-17(8-3-4-9-17)19-16(20)11-15-14-6-2-1-5-13(14)7-10-21-15;/h1-2,5-6,15H,3-4,7-12,18H2,(H,19,20);1H. The fourth-order valence-corrected chi connectivity index (χ4v) is 3.59. The van der Waals surface area contributed by atoms with Crippen molar-refractivity contribution in [1.29, 1.82) is 0 Å². The van der Waals surface area contributed by atoms with Crippen LogP contribution in [-0.4, -0.2) is 24.6 Å². The van der Waals surface area contributed by atoms with E-state index < -0.39 is 0 Å². The molecule has 1 aromatic rings. The molecule has 3 N–H and O–H groups in total. The Morgan fingerprint density at radius 3 is 2.77 bits per heavy atom. The van der Waals surface area contributed by atoms with E-state index in [-0.39, 0.29) is 30.0 Å². The van der Waals surface area contributed by atoms with Crippen LogP contribution in [0.15, 0.2) is 24.3 Å². The zero-order valence-corrected chi connectivity index (χ0v) is 13.7. The summed E-state index contributed by atoms with van der Waals surface area (Å²) < 4.78 is 5.81. The number of rotatable bonds is 4. The Morgan fingerprint density at radius 1 is 1.32 bits per heavy atom. The monoisotopic (exact) mass is 324 g/mol. The molecular weight excluding hydrogens is 300 g/mol. The summed E-state index contributed by atoms with van der Waals surface area (Å²) >= 11 is 0.